The minimum Gasteiger partial charge on any atom is -0.469 e. The molecule has 2 rings (SSSR count). The van der Waals surface area contributed by atoms with Crippen LogP contribution in [0.15, 0.2) is 29.6 Å². The topological polar surface area (TPSA) is 135 Å². The largest absolute Gasteiger partial charge is 0.469 e. The van der Waals surface area contributed by atoms with Gasteiger partial charge in [-0.2, -0.15) is 0 Å². The number of hydrogen-bond acceptors (Lipinski definition) is 8. The number of halogens is 1. The smallest absolute Gasteiger partial charge is 0.305 e. The number of hydrogen-bond donors (Lipinski definition) is 3. The molecule has 2 amide bonds. The summed E-state index contributed by atoms with van der Waals surface area (Å²) in [6.45, 7) is 10.7. The number of esters is 1. The van der Waals surface area contributed by atoms with Gasteiger partial charge in [-0.3, -0.25) is 14.4 Å². The van der Waals surface area contributed by atoms with Crippen molar-refractivity contribution in [2.24, 2.45) is 11.7 Å². The molecule has 1 aromatic carbocycles. The van der Waals surface area contributed by atoms with Crippen molar-refractivity contribution >= 4 is 29.1 Å². The van der Waals surface area contributed by atoms with Gasteiger partial charge in [0.1, 0.15) is 22.6 Å². The summed E-state index contributed by atoms with van der Waals surface area (Å²) in [5, 5.41) is 15.8. The molecule has 236 valence electrons. The van der Waals surface area contributed by atoms with Gasteiger partial charge in [0.05, 0.1) is 13.7 Å². The van der Waals surface area contributed by atoms with Crippen molar-refractivity contribution in [1.82, 2.24) is 15.2 Å². The summed E-state index contributed by atoms with van der Waals surface area (Å²) in [5.41, 5.74) is 6.56. The molecule has 1 heterocycles. The van der Waals surface area contributed by atoms with Gasteiger partial charge < -0.3 is 25.8 Å². The van der Waals surface area contributed by atoms with Crippen LogP contribution < -0.4 is 11.1 Å². The molecule has 0 spiro atoms. The second-order valence-electron chi connectivity index (χ2n) is 10.5. The summed E-state index contributed by atoms with van der Waals surface area (Å²) < 4.78 is 18.0. The fraction of sp³-hybridized carbons (Fsp3) is 0.613. The number of nitrogens with one attached hydrogen (secondary N) is 1. The first kappa shape index (κ1) is 37.1. The van der Waals surface area contributed by atoms with Gasteiger partial charge in [0.25, 0.3) is 5.91 Å². The molecule has 3 atom stereocenters. The number of amides is 2. The van der Waals surface area contributed by atoms with E-state index < -0.39 is 24.0 Å². The molecule has 0 saturated carbocycles. The van der Waals surface area contributed by atoms with E-state index in [9.17, 15) is 23.9 Å². The van der Waals surface area contributed by atoms with Crippen molar-refractivity contribution in [2.75, 3.05) is 20.2 Å². The SMILES string of the molecule is CCCC.CCCN(C(=O)CN)C(CC(O)c1nc(C(=O)NC(CCC(=O)OC)Cc2ccc(F)cc2)cs1)C(C)C. The highest BCUT2D eigenvalue weighted by atomic mass is 32.1. The average molecular weight is 609 g/mol. The number of thiazole rings is 1. The van der Waals surface area contributed by atoms with Crippen molar-refractivity contribution < 1.29 is 28.6 Å². The van der Waals surface area contributed by atoms with Crippen molar-refractivity contribution in [3.63, 3.8) is 0 Å². The first-order valence-corrected chi connectivity index (χ1v) is 15.6. The Kier molecular flexibility index (Phi) is 17.8. The molecular formula is C31H49FN4O5S. The van der Waals surface area contributed by atoms with Gasteiger partial charge >= 0.3 is 5.97 Å². The number of unbranched alkanes of at least 4 members (excludes halogenated alkanes) is 1. The standard InChI is InChI=1S/C27H39FN4O5S.C4H10/c1-5-12-32(24(34)15-29)22(17(2)3)14-23(33)27-31-21(16-38-27)26(36)30-20(10-11-25(35)37-4)13-18-6-8-19(28)9-7-18;1-3-4-2/h6-9,16-17,20,22-23,33H,5,10-15,29H2,1-4H3,(H,30,36);3-4H2,1-2H3. The lowest BCUT2D eigenvalue weighted by Crippen LogP contribution is -2.47. The number of benzene rings is 1. The van der Waals surface area contributed by atoms with Gasteiger partial charge in [0.2, 0.25) is 5.91 Å². The summed E-state index contributed by atoms with van der Waals surface area (Å²) in [4.78, 5) is 43.2. The number of nitrogens with zero attached hydrogens (tertiary/aromatic N) is 2. The van der Waals surface area contributed by atoms with Crippen LogP contribution in [0.5, 0.6) is 0 Å². The quantitative estimate of drug-likeness (QED) is 0.228. The summed E-state index contributed by atoms with van der Waals surface area (Å²) >= 11 is 1.17. The van der Waals surface area contributed by atoms with Gasteiger partial charge in [0, 0.05) is 36.9 Å². The maximum atomic E-state index is 13.3. The molecule has 0 saturated heterocycles. The first-order chi connectivity index (χ1) is 20.0. The molecule has 4 N–H and O–H groups in total. The fourth-order valence-electron chi connectivity index (χ4n) is 4.25. The number of carbonyl (C=O) groups excluding carboxylic acids is 3. The lowest BCUT2D eigenvalue weighted by atomic mass is 9.95. The summed E-state index contributed by atoms with van der Waals surface area (Å²) in [7, 11) is 1.30. The number of ether oxygens (including phenoxy) is 1. The molecule has 9 nitrogen and oxygen atoms in total. The van der Waals surface area contributed by atoms with Crippen molar-refractivity contribution in [2.45, 2.75) is 97.8 Å². The predicted octanol–water partition coefficient (Wildman–Crippen LogP) is 5.03. The van der Waals surface area contributed by atoms with E-state index in [1.54, 1.807) is 22.4 Å². The Morgan fingerprint density at radius 3 is 2.29 bits per heavy atom. The third kappa shape index (κ3) is 13.0. The van der Waals surface area contributed by atoms with Gasteiger partial charge in [0.15, 0.2) is 0 Å². The minimum absolute atomic E-state index is 0.0801. The lowest BCUT2D eigenvalue weighted by molar-refractivity contribution is -0.140. The Balaban J connectivity index is 0.00000206. The number of aliphatic hydroxyl groups excluding tert-OH is 1. The minimum atomic E-state index is -0.965. The van der Waals surface area contributed by atoms with Gasteiger partial charge in [-0.05, 0) is 42.9 Å². The Bertz CT molecular complexity index is 1080. The van der Waals surface area contributed by atoms with E-state index >= 15 is 0 Å². The van der Waals surface area contributed by atoms with Gasteiger partial charge in [-0.1, -0.05) is 59.6 Å². The van der Waals surface area contributed by atoms with Crippen LogP contribution >= 0.6 is 11.3 Å². The summed E-state index contributed by atoms with van der Waals surface area (Å²) in [6.07, 6.45) is 3.53. The molecule has 0 aliphatic heterocycles. The van der Waals surface area contributed by atoms with Crippen LogP contribution in [-0.4, -0.2) is 65.1 Å². The monoisotopic (exact) mass is 608 g/mol. The van der Waals surface area contributed by atoms with Crippen molar-refractivity contribution in [3.05, 3.63) is 51.7 Å². The number of aliphatic hydroxyl groups is 1. The maximum Gasteiger partial charge on any atom is 0.305 e. The molecule has 2 aromatic rings. The first-order valence-electron chi connectivity index (χ1n) is 14.8. The number of rotatable bonds is 16. The van der Waals surface area contributed by atoms with Gasteiger partial charge in [-0.25, -0.2) is 9.37 Å². The van der Waals surface area contributed by atoms with E-state index in [0.717, 1.165) is 12.0 Å². The van der Waals surface area contributed by atoms with E-state index in [1.165, 1.54) is 43.4 Å². The highest BCUT2D eigenvalue weighted by molar-refractivity contribution is 7.09. The molecule has 0 bridgehead atoms. The molecule has 0 aliphatic rings. The van der Waals surface area contributed by atoms with E-state index in [1.807, 2.05) is 20.8 Å². The summed E-state index contributed by atoms with van der Waals surface area (Å²) in [6, 6.07) is 5.29. The Morgan fingerprint density at radius 2 is 1.76 bits per heavy atom. The molecule has 3 unspecified atom stereocenters. The third-order valence-electron chi connectivity index (χ3n) is 6.79. The molecule has 0 radical (unpaired) electrons. The highest BCUT2D eigenvalue weighted by Gasteiger charge is 2.29. The second-order valence-corrected chi connectivity index (χ2v) is 11.4. The van der Waals surface area contributed by atoms with Crippen LogP contribution in [0.25, 0.3) is 0 Å². The number of carbonyl (C=O) groups is 3. The van der Waals surface area contributed by atoms with E-state index in [4.69, 9.17) is 10.5 Å². The Morgan fingerprint density at radius 1 is 1.12 bits per heavy atom. The normalized spacial score (nSPS) is 13.0. The zero-order valence-electron chi connectivity index (χ0n) is 25.9. The average Bonchev–Trinajstić information content (AvgIpc) is 3.49. The molecule has 0 aliphatic carbocycles. The van der Waals surface area contributed by atoms with E-state index in [-0.39, 0.29) is 48.8 Å². The van der Waals surface area contributed by atoms with Crippen LogP contribution in [0.2, 0.25) is 0 Å². The molecular weight excluding hydrogens is 559 g/mol. The number of nitrogens with two attached hydrogens (primary N) is 1. The molecule has 1 aromatic heterocycles. The molecule has 11 heteroatoms. The Labute approximate surface area is 254 Å². The zero-order chi connectivity index (χ0) is 31.7. The second kappa shape index (κ2) is 20.1. The maximum absolute atomic E-state index is 13.3. The van der Waals surface area contributed by atoms with Crippen molar-refractivity contribution in [1.29, 1.82) is 0 Å². The summed E-state index contributed by atoms with van der Waals surface area (Å²) in [5.74, 6) is -1.29. The van der Waals surface area contributed by atoms with Crippen LogP contribution in [0.4, 0.5) is 4.39 Å². The van der Waals surface area contributed by atoms with Gasteiger partial charge in [-0.15, -0.1) is 11.3 Å². The predicted molar refractivity (Wildman–Crippen MR) is 165 cm³/mol. The van der Waals surface area contributed by atoms with Crippen LogP contribution in [0, 0.1) is 11.7 Å². The third-order valence-corrected chi connectivity index (χ3v) is 7.73. The van der Waals surface area contributed by atoms with E-state index in [2.05, 4.69) is 24.1 Å². The number of methoxy groups -OCH3 is 1. The van der Waals surface area contributed by atoms with Crippen LogP contribution in [0.3, 0.4) is 0 Å². The zero-order valence-corrected chi connectivity index (χ0v) is 26.7. The number of aromatic nitrogens is 1. The van der Waals surface area contributed by atoms with Crippen molar-refractivity contribution in [3.8, 4) is 0 Å². The highest BCUT2D eigenvalue weighted by Crippen LogP contribution is 2.27. The molecule has 0 fully saturated rings. The van der Waals surface area contributed by atoms with Crippen LogP contribution in [0.1, 0.15) is 100 Å². The molecule has 42 heavy (non-hydrogen) atoms. The van der Waals surface area contributed by atoms with Crippen LogP contribution in [-0.2, 0) is 20.7 Å². The Hall–Kier alpha value is -2.89. The van der Waals surface area contributed by atoms with E-state index in [0.29, 0.717) is 24.4 Å². The fourth-order valence-corrected chi connectivity index (χ4v) is 5.05. The lowest BCUT2D eigenvalue weighted by Gasteiger charge is -2.35.